The predicted molar refractivity (Wildman–Crippen MR) is 112 cm³/mol. The number of nitriles is 1. The number of aromatic amines is 1. The van der Waals surface area contributed by atoms with Crippen LogP contribution in [0, 0.1) is 18.3 Å². The van der Waals surface area contributed by atoms with Gasteiger partial charge in [-0.15, -0.1) is 0 Å². The monoisotopic (exact) mass is 413 g/mol. The van der Waals surface area contributed by atoms with Crippen LogP contribution < -0.4 is 16.3 Å². The number of H-pyrrole nitrogens is 1. The van der Waals surface area contributed by atoms with Crippen LogP contribution in [0.5, 0.6) is 0 Å². The molecule has 0 aliphatic rings. The number of primary amides is 1. The van der Waals surface area contributed by atoms with Gasteiger partial charge >= 0.3 is 0 Å². The zero-order valence-electron chi connectivity index (χ0n) is 15.2. The summed E-state index contributed by atoms with van der Waals surface area (Å²) in [6.45, 7) is 1.84. The highest BCUT2D eigenvalue weighted by atomic mass is 35.5. The van der Waals surface area contributed by atoms with E-state index in [1.165, 1.54) is 13.2 Å². The van der Waals surface area contributed by atoms with Gasteiger partial charge in [-0.05, 0) is 54.5 Å². The predicted octanol–water partition coefficient (Wildman–Crippen LogP) is 3.64. The highest BCUT2D eigenvalue weighted by Gasteiger charge is 2.35. The Morgan fingerprint density at radius 1 is 1.32 bits per heavy atom. The Labute approximate surface area is 167 Å². The van der Waals surface area contributed by atoms with Gasteiger partial charge in [0.1, 0.15) is 5.69 Å². The number of fused-ring (bicyclic) bond motifs is 1. The number of hydrogen-bond acceptors (Lipinski definition) is 4. The Morgan fingerprint density at radius 2 is 2.07 bits per heavy atom. The van der Waals surface area contributed by atoms with Gasteiger partial charge in [0.05, 0.1) is 11.4 Å². The van der Waals surface area contributed by atoms with Crippen molar-refractivity contribution in [2.45, 2.75) is 6.92 Å². The van der Waals surface area contributed by atoms with E-state index < -0.39 is 13.3 Å². The van der Waals surface area contributed by atoms with E-state index in [1.807, 2.05) is 19.1 Å². The lowest BCUT2D eigenvalue weighted by atomic mass is 10.1. The third-order valence-electron chi connectivity index (χ3n) is 4.31. The SMILES string of the molecule is CO[P@](=O)(c1cc(C)cc(C=CC#N)c1)c1c(C(N)=O)[nH]c2ccc(Cl)cc12. The first-order valence-electron chi connectivity index (χ1n) is 8.26. The van der Waals surface area contributed by atoms with Gasteiger partial charge in [0.25, 0.3) is 13.3 Å². The summed E-state index contributed by atoms with van der Waals surface area (Å²) in [5, 5.41) is 10.3. The fourth-order valence-corrected chi connectivity index (χ4v) is 5.63. The molecular weight excluding hydrogens is 397 g/mol. The quantitative estimate of drug-likeness (QED) is 0.491. The average Bonchev–Trinajstić information content (AvgIpc) is 3.04. The Morgan fingerprint density at radius 3 is 2.71 bits per heavy atom. The standard InChI is InChI=1S/C20H17ClN3O3P/c1-12-8-13(4-3-7-22)10-15(9-12)28(26,27-2)19-16-11-14(21)5-6-17(16)24-18(19)20(23)25/h3-6,8-11,24H,1-2H3,(H2,23,25)/t28-/m1/s1. The summed E-state index contributed by atoms with van der Waals surface area (Å²) in [7, 11) is -2.39. The maximum absolute atomic E-state index is 14.1. The minimum Gasteiger partial charge on any atom is -0.364 e. The molecule has 0 unspecified atom stereocenters. The summed E-state index contributed by atoms with van der Waals surface area (Å²) in [4.78, 5) is 15.0. The van der Waals surface area contributed by atoms with Gasteiger partial charge < -0.3 is 15.2 Å². The van der Waals surface area contributed by atoms with E-state index in [0.717, 1.165) is 5.56 Å². The number of benzene rings is 2. The third kappa shape index (κ3) is 3.48. The molecule has 0 aliphatic heterocycles. The van der Waals surface area contributed by atoms with E-state index in [0.29, 0.717) is 26.8 Å². The van der Waals surface area contributed by atoms with Crippen molar-refractivity contribution in [1.82, 2.24) is 4.98 Å². The molecule has 0 radical (unpaired) electrons. The number of hydrogen-bond donors (Lipinski definition) is 2. The van der Waals surface area contributed by atoms with E-state index in [-0.39, 0.29) is 11.0 Å². The zero-order chi connectivity index (χ0) is 20.5. The molecule has 0 aliphatic carbocycles. The molecule has 0 bridgehead atoms. The molecule has 0 fully saturated rings. The van der Waals surface area contributed by atoms with Crippen molar-refractivity contribution >= 4 is 52.5 Å². The van der Waals surface area contributed by atoms with Crippen molar-refractivity contribution in [3.05, 3.63) is 64.3 Å². The molecule has 28 heavy (non-hydrogen) atoms. The summed E-state index contributed by atoms with van der Waals surface area (Å²) < 4.78 is 19.6. The van der Waals surface area contributed by atoms with Crippen molar-refractivity contribution in [3.8, 4) is 6.07 Å². The zero-order valence-corrected chi connectivity index (χ0v) is 16.8. The second kappa shape index (κ2) is 7.65. The number of allylic oxidation sites excluding steroid dienone is 1. The largest absolute Gasteiger partial charge is 0.364 e. The van der Waals surface area contributed by atoms with Gasteiger partial charge in [0.2, 0.25) is 0 Å². The lowest BCUT2D eigenvalue weighted by Gasteiger charge is -2.19. The number of nitrogens with two attached hydrogens (primary N) is 1. The van der Waals surface area contributed by atoms with Crippen molar-refractivity contribution < 1.29 is 13.9 Å². The fraction of sp³-hybridized carbons (Fsp3) is 0.100. The average molecular weight is 414 g/mol. The number of rotatable bonds is 5. The van der Waals surface area contributed by atoms with E-state index >= 15 is 0 Å². The molecule has 1 amide bonds. The molecule has 1 heterocycles. The molecule has 0 saturated carbocycles. The third-order valence-corrected chi connectivity index (χ3v) is 7.05. The Balaban J connectivity index is 2.36. The van der Waals surface area contributed by atoms with E-state index in [9.17, 15) is 9.36 Å². The molecule has 3 N–H and O–H groups in total. The Kier molecular flexibility index (Phi) is 5.44. The highest BCUT2D eigenvalue weighted by Crippen LogP contribution is 2.47. The van der Waals surface area contributed by atoms with Crippen LogP contribution in [0.4, 0.5) is 0 Å². The molecular formula is C20H17ClN3O3P. The number of halogens is 1. The maximum Gasteiger partial charge on any atom is 0.266 e. The van der Waals surface area contributed by atoms with Crippen molar-refractivity contribution in [1.29, 1.82) is 5.26 Å². The Bertz CT molecular complexity index is 1210. The first-order chi connectivity index (χ1) is 13.3. The van der Waals surface area contributed by atoms with Crippen LogP contribution in [0.15, 0.2) is 42.5 Å². The van der Waals surface area contributed by atoms with E-state index in [4.69, 9.17) is 27.1 Å². The molecule has 1 aromatic heterocycles. The van der Waals surface area contributed by atoms with Crippen molar-refractivity contribution in [2.24, 2.45) is 5.73 Å². The number of amides is 1. The molecule has 6 nitrogen and oxygen atoms in total. The van der Waals surface area contributed by atoms with Gasteiger partial charge in [-0.3, -0.25) is 9.36 Å². The summed E-state index contributed by atoms with van der Waals surface area (Å²) >= 11 is 6.13. The first-order valence-corrected chi connectivity index (χ1v) is 10.3. The summed E-state index contributed by atoms with van der Waals surface area (Å²) in [5.41, 5.74) is 7.64. The van der Waals surface area contributed by atoms with Crippen molar-refractivity contribution in [3.63, 3.8) is 0 Å². The van der Waals surface area contributed by atoms with Gasteiger partial charge in [0.15, 0.2) is 0 Å². The van der Waals surface area contributed by atoms with Crippen LogP contribution in [0.2, 0.25) is 5.02 Å². The molecule has 142 valence electrons. The number of carbonyl (C=O) groups is 1. The lowest BCUT2D eigenvalue weighted by molar-refractivity contribution is 0.0997. The van der Waals surface area contributed by atoms with Crippen LogP contribution in [0.3, 0.4) is 0 Å². The van der Waals surface area contributed by atoms with Crippen LogP contribution in [0.25, 0.3) is 17.0 Å². The number of aryl methyl sites for hydroxylation is 1. The number of nitrogens with one attached hydrogen (secondary N) is 1. The number of nitrogens with zero attached hydrogens (tertiary/aromatic N) is 1. The van der Waals surface area contributed by atoms with Gasteiger partial charge in [-0.2, -0.15) is 5.26 Å². The topological polar surface area (TPSA) is 109 Å². The molecule has 2 aromatic carbocycles. The molecule has 0 spiro atoms. The fourth-order valence-electron chi connectivity index (χ4n) is 3.15. The lowest BCUT2D eigenvalue weighted by Crippen LogP contribution is -2.26. The normalized spacial score (nSPS) is 13.5. The minimum absolute atomic E-state index is 0.0121. The summed E-state index contributed by atoms with van der Waals surface area (Å²) in [5.74, 6) is -0.753. The van der Waals surface area contributed by atoms with Gasteiger partial charge in [-0.25, -0.2) is 0 Å². The van der Waals surface area contributed by atoms with Crippen LogP contribution in [-0.2, 0) is 9.09 Å². The summed E-state index contributed by atoms with van der Waals surface area (Å²) in [6.07, 6.45) is 2.94. The number of aromatic nitrogens is 1. The van der Waals surface area contributed by atoms with Crippen LogP contribution in [0.1, 0.15) is 21.6 Å². The maximum atomic E-state index is 14.1. The minimum atomic E-state index is -3.71. The van der Waals surface area contributed by atoms with Gasteiger partial charge in [-0.1, -0.05) is 17.7 Å². The molecule has 1 atom stereocenters. The van der Waals surface area contributed by atoms with Gasteiger partial charge in [0, 0.05) is 34.4 Å². The molecule has 0 saturated heterocycles. The van der Waals surface area contributed by atoms with Crippen LogP contribution >= 0.6 is 19.0 Å². The molecule has 8 heteroatoms. The molecule has 3 rings (SSSR count). The van der Waals surface area contributed by atoms with E-state index in [1.54, 1.807) is 36.4 Å². The van der Waals surface area contributed by atoms with Crippen LogP contribution in [-0.4, -0.2) is 18.0 Å². The molecule has 3 aromatic rings. The van der Waals surface area contributed by atoms with Crippen molar-refractivity contribution in [2.75, 3.05) is 7.11 Å². The second-order valence-electron chi connectivity index (χ2n) is 6.20. The smallest absolute Gasteiger partial charge is 0.266 e. The Hall–Kier alpha value is -2.84. The highest BCUT2D eigenvalue weighted by molar-refractivity contribution is 7.75. The number of carbonyl (C=O) groups excluding carboxylic acids is 1. The second-order valence-corrected chi connectivity index (χ2v) is 9.07. The van der Waals surface area contributed by atoms with E-state index in [2.05, 4.69) is 4.98 Å². The first kappa shape index (κ1) is 19.9. The summed E-state index contributed by atoms with van der Waals surface area (Å²) in [6, 6.07) is 12.1.